The van der Waals surface area contributed by atoms with Crippen LogP contribution in [0.15, 0.2) is 18.3 Å². The molecule has 0 spiro atoms. The van der Waals surface area contributed by atoms with Crippen molar-refractivity contribution in [3.05, 3.63) is 34.5 Å². The second-order valence-electron chi connectivity index (χ2n) is 5.28. The first-order valence-corrected chi connectivity index (χ1v) is 7.64. The van der Waals surface area contributed by atoms with Crippen molar-refractivity contribution in [3.8, 4) is 17.0 Å². The lowest BCUT2D eigenvalue weighted by Crippen LogP contribution is -2.38. The number of fused-ring (bicyclic) bond motifs is 1. The summed E-state index contributed by atoms with van der Waals surface area (Å²) in [7, 11) is 0. The third-order valence-electron chi connectivity index (χ3n) is 3.52. The molecule has 7 heteroatoms. The van der Waals surface area contributed by atoms with Gasteiger partial charge in [-0.3, -0.25) is 0 Å². The average molecular weight is 342 g/mol. The Labute approximate surface area is 137 Å². The summed E-state index contributed by atoms with van der Waals surface area (Å²) in [5.41, 5.74) is 1.64. The summed E-state index contributed by atoms with van der Waals surface area (Å²) < 4.78 is 19.9. The monoisotopic (exact) mass is 341 g/mol. The van der Waals surface area contributed by atoms with Crippen molar-refractivity contribution < 1.29 is 9.13 Å². The predicted octanol–water partition coefficient (Wildman–Crippen LogP) is 4.20. The van der Waals surface area contributed by atoms with Gasteiger partial charge < -0.3 is 9.64 Å². The predicted molar refractivity (Wildman–Crippen MR) is 85.4 cm³/mol. The van der Waals surface area contributed by atoms with Crippen LogP contribution in [0.3, 0.4) is 0 Å². The van der Waals surface area contributed by atoms with Crippen molar-refractivity contribution in [2.24, 2.45) is 0 Å². The molecule has 1 aliphatic rings. The van der Waals surface area contributed by atoms with Gasteiger partial charge in [-0.15, -0.1) is 0 Å². The van der Waals surface area contributed by atoms with Gasteiger partial charge in [0.25, 0.3) is 0 Å². The molecule has 3 rings (SSSR count). The maximum absolute atomic E-state index is 14.4. The highest BCUT2D eigenvalue weighted by Gasteiger charge is 2.25. The minimum absolute atomic E-state index is 0.0643. The van der Waals surface area contributed by atoms with E-state index in [0.29, 0.717) is 35.1 Å². The average Bonchev–Trinajstić information content (AvgIpc) is 2.49. The zero-order valence-electron chi connectivity index (χ0n) is 12.1. The largest absolute Gasteiger partial charge is 0.486 e. The van der Waals surface area contributed by atoms with Gasteiger partial charge in [-0.1, -0.05) is 11.6 Å². The van der Waals surface area contributed by atoms with Crippen LogP contribution in [0, 0.1) is 5.82 Å². The number of aromatic nitrogens is 2. The smallest absolute Gasteiger partial charge is 0.222 e. The van der Waals surface area contributed by atoms with Crippen molar-refractivity contribution in [1.29, 1.82) is 0 Å². The van der Waals surface area contributed by atoms with Gasteiger partial charge in [-0.25, -0.2) is 14.4 Å². The lowest BCUT2D eigenvalue weighted by Gasteiger charge is -2.34. The Hall–Kier alpha value is -1.59. The molecular formula is C15H14Cl2FN3O. The molecule has 0 fully saturated rings. The molecule has 2 aromatic rings. The van der Waals surface area contributed by atoms with Crippen molar-refractivity contribution in [2.75, 3.05) is 18.1 Å². The topological polar surface area (TPSA) is 38.2 Å². The number of hydrogen-bond donors (Lipinski definition) is 0. The number of halogens is 3. The third kappa shape index (κ3) is 2.71. The van der Waals surface area contributed by atoms with Gasteiger partial charge in [-0.2, -0.15) is 0 Å². The first-order chi connectivity index (χ1) is 10.5. The van der Waals surface area contributed by atoms with E-state index in [1.54, 1.807) is 0 Å². The van der Waals surface area contributed by atoms with Crippen LogP contribution in [-0.2, 0) is 0 Å². The van der Waals surface area contributed by atoms with E-state index < -0.39 is 5.82 Å². The van der Waals surface area contributed by atoms with Gasteiger partial charge in [-0.05, 0) is 37.6 Å². The number of hydrogen-bond acceptors (Lipinski definition) is 4. The summed E-state index contributed by atoms with van der Waals surface area (Å²) in [5, 5.41) is 0.381. The highest BCUT2D eigenvalue weighted by atomic mass is 35.5. The molecule has 116 valence electrons. The summed E-state index contributed by atoms with van der Waals surface area (Å²) >= 11 is 11.9. The highest BCUT2D eigenvalue weighted by molar-refractivity contribution is 6.33. The molecule has 1 aromatic carbocycles. The molecule has 0 aliphatic carbocycles. The number of benzene rings is 1. The molecule has 0 N–H and O–H groups in total. The Balaban J connectivity index is 2.17. The highest BCUT2D eigenvalue weighted by Crippen LogP contribution is 2.40. The van der Waals surface area contributed by atoms with Crippen LogP contribution >= 0.6 is 23.2 Å². The van der Waals surface area contributed by atoms with Crippen LogP contribution in [0.1, 0.15) is 13.8 Å². The summed E-state index contributed by atoms with van der Waals surface area (Å²) in [6.07, 6.45) is 1.40. The minimum atomic E-state index is -0.441. The van der Waals surface area contributed by atoms with Gasteiger partial charge in [0.05, 0.1) is 29.1 Å². The van der Waals surface area contributed by atoms with E-state index in [0.717, 1.165) is 0 Å². The van der Waals surface area contributed by atoms with Crippen LogP contribution in [-0.4, -0.2) is 29.2 Å². The van der Waals surface area contributed by atoms with Gasteiger partial charge in [0.1, 0.15) is 6.61 Å². The Morgan fingerprint density at radius 1 is 1.32 bits per heavy atom. The molecule has 0 radical (unpaired) electrons. The summed E-state index contributed by atoms with van der Waals surface area (Å²) in [6.45, 7) is 5.26. The number of anilines is 1. The Kier molecular flexibility index (Phi) is 4.10. The maximum atomic E-state index is 14.4. The quantitative estimate of drug-likeness (QED) is 0.767. The van der Waals surface area contributed by atoms with E-state index in [1.807, 2.05) is 19.9 Å². The normalized spacial score (nSPS) is 14.0. The lowest BCUT2D eigenvalue weighted by molar-refractivity contribution is 0.287. The lowest BCUT2D eigenvalue weighted by atomic mass is 10.1. The van der Waals surface area contributed by atoms with Crippen molar-refractivity contribution >= 4 is 28.9 Å². The minimum Gasteiger partial charge on any atom is -0.486 e. The zero-order valence-corrected chi connectivity index (χ0v) is 13.6. The molecular weight excluding hydrogens is 328 g/mol. The molecule has 0 atom stereocenters. The summed E-state index contributed by atoms with van der Waals surface area (Å²) in [4.78, 5) is 10.00. The zero-order chi connectivity index (χ0) is 15.9. The fraction of sp³-hybridized carbons (Fsp3) is 0.333. The van der Waals surface area contributed by atoms with Gasteiger partial charge in [0, 0.05) is 11.6 Å². The second-order valence-corrected chi connectivity index (χ2v) is 6.02. The molecule has 0 amide bonds. The molecule has 0 saturated carbocycles. The number of rotatable bonds is 2. The van der Waals surface area contributed by atoms with E-state index in [4.69, 9.17) is 27.9 Å². The first kappa shape index (κ1) is 15.3. The van der Waals surface area contributed by atoms with Gasteiger partial charge >= 0.3 is 0 Å². The van der Waals surface area contributed by atoms with E-state index in [2.05, 4.69) is 14.9 Å². The van der Waals surface area contributed by atoms with Crippen LogP contribution in [0.2, 0.25) is 10.3 Å². The molecule has 1 aliphatic heterocycles. The SMILES string of the molecule is CC(C)N1CCOc2c(F)cc(-c3nc(Cl)ncc3Cl)cc21. The second kappa shape index (κ2) is 5.89. The van der Waals surface area contributed by atoms with Crippen LogP contribution in [0.5, 0.6) is 5.75 Å². The summed E-state index contributed by atoms with van der Waals surface area (Å²) in [5.74, 6) is -0.177. The van der Waals surface area contributed by atoms with E-state index in [9.17, 15) is 4.39 Å². The van der Waals surface area contributed by atoms with Gasteiger partial charge in [0.15, 0.2) is 11.6 Å². The van der Waals surface area contributed by atoms with Crippen LogP contribution in [0.4, 0.5) is 10.1 Å². The van der Waals surface area contributed by atoms with Crippen LogP contribution < -0.4 is 9.64 Å². The van der Waals surface area contributed by atoms with Crippen molar-refractivity contribution in [2.45, 2.75) is 19.9 Å². The molecule has 0 unspecified atom stereocenters. The summed E-state index contributed by atoms with van der Waals surface area (Å²) in [6, 6.07) is 3.40. The first-order valence-electron chi connectivity index (χ1n) is 6.88. The Bertz CT molecular complexity index is 724. The van der Waals surface area contributed by atoms with Crippen LogP contribution in [0.25, 0.3) is 11.3 Å². The molecule has 1 aromatic heterocycles. The van der Waals surface area contributed by atoms with E-state index >= 15 is 0 Å². The fourth-order valence-corrected chi connectivity index (χ4v) is 2.86. The maximum Gasteiger partial charge on any atom is 0.222 e. The third-order valence-corrected chi connectivity index (χ3v) is 3.98. The molecule has 2 heterocycles. The van der Waals surface area contributed by atoms with E-state index in [-0.39, 0.29) is 17.1 Å². The van der Waals surface area contributed by atoms with E-state index in [1.165, 1.54) is 12.3 Å². The Morgan fingerprint density at radius 2 is 2.09 bits per heavy atom. The molecule has 4 nitrogen and oxygen atoms in total. The van der Waals surface area contributed by atoms with Gasteiger partial charge in [0.2, 0.25) is 5.28 Å². The fourth-order valence-electron chi connectivity index (χ4n) is 2.52. The van der Waals surface area contributed by atoms with Crippen molar-refractivity contribution in [3.63, 3.8) is 0 Å². The standard InChI is InChI=1S/C15H14Cl2FN3O/c1-8(2)21-3-4-22-14-11(18)5-9(6-12(14)21)13-10(16)7-19-15(17)20-13/h5-8H,3-4H2,1-2H3. The molecule has 0 saturated heterocycles. The Morgan fingerprint density at radius 3 is 2.82 bits per heavy atom. The molecule has 22 heavy (non-hydrogen) atoms. The molecule has 0 bridgehead atoms. The van der Waals surface area contributed by atoms with Crippen molar-refractivity contribution in [1.82, 2.24) is 9.97 Å². The number of ether oxygens (including phenoxy) is 1. The number of nitrogens with zero attached hydrogens (tertiary/aromatic N) is 3.